The molecule has 0 unspecified atom stereocenters. The molecule has 29 heavy (non-hydrogen) atoms. The van der Waals surface area contributed by atoms with Crippen LogP contribution in [0.2, 0.25) is 0 Å². The smallest absolute Gasteiger partial charge is 0.227 e. The van der Waals surface area contributed by atoms with E-state index in [-0.39, 0.29) is 0 Å². The lowest BCUT2D eigenvalue weighted by Crippen LogP contribution is -1.86. The van der Waals surface area contributed by atoms with E-state index in [0.717, 1.165) is 49.7 Å². The van der Waals surface area contributed by atoms with E-state index >= 15 is 0 Å². The number of para-hydroxylation sites is 3. The normalized spacial score (nSPS) is 11.6. The third-order valence-electron chi connectivity index (χ3n) is 5.29. The second kappa shape index (κ2) is 6.04. The summed E-state index contributed by atoms with van der Waals surface area (Å²) in [4.78, 5) is 9.40. The Kier molecular flexibility index (Phi) is 3.35. The van der Waals surface area contributed by atoms with Gasteiger partial charge in [0.1, 0.15) is 11.0 Å². The molecule has 2 aromatic heterocycles. The van der Waals surface area contributed by atoms with E-state index in [9.17, 15) is 0 Å². The summed E-state index contributed by atoms with van der Waals surface area (Å²) in [7, 11) is 0. The number of hydrogen-bond acceptors (Lipinski definition) is 4. The highest BCUT2D eigenvalue weighted by Gasteiger charge is 2.17. The van der Waals surface area contributed by atoms with Crippen LogP contribution in [0, 0.1) is 6.92 Å². The summed E-state index contributed by atoms with van der Waals surface area (Å²) in [6.07, 6.45) is 0. The average molecular weight is 376 g/mol. The number of hydrogen-bond donors (Lipinski definition) is 0. The zero-order chi connectivity index (χ0) is 19.4. The summed E-state index contributed by atoms with van der Waals surface area (Å²) in [5, 5.41) is 2.10. The molecule has 0 aliphatic carbocycles. The Morgan fingerprint density at radius 3 is 1.93 bits per heavy atom. The van der Waals surface area contributed by atoms with E-state index in [1.54, 1.807) is 0 Å². The van der Waals surface area contributed by atoms with Crippen molar-refractivity contribution in [2.24, 2.45) is 0 Å². The van der Waals surface area contributed by atoms with E-state index in [1.807, 2.05) is 73.7 Å². The van der Waals surface area contributed by atoms with Gasteiger partial charge in [0.25, 0.3) is 0 Å². The Balaban J connectivity index is 1.60. The Labute approximate surface area is 166 Å². The maximum atomic E-state index is 6.14. The van der Waals surface area contributed by atoms with Crippen LogP contribution in [0.15, 0.2) is 87.7 Å². The molecule has 0 fully saturated rings. The van der Waals surface area contributed by atoms with Crippen LogP contribution in [0.25, 0.3) is 55.9 Å². The molecule has 6 aromatic rings. The minimum Gasteiger partial charge on any atom is -0.436 e. The highest BCUT2D eigenvalue weighted by molar-refractivity contribution is 6.03. The van der Waals surface area contributed by atoms with Crippen molar-refractivity contribution in [3.8, 4) is 22.9 Å². The fourth-order valence-corrected chi connectivity index (χ4v) is 3.86. The molecule has 6 rings (SSSR count). The lowest BCUT2D eigenvalue weighted by molar-refractivity contribution is 0.617. The first kappa shape index (κ1) is 16.1. The monoisotopic (exact) mass is 376 g/mol. The average Bonchev–Trinajstić information content (AvgIpc) is 3.38. The van der Waals surface area contributed by atoms with Crippen LogP contribution in [0.1, 0.15) is 5.56 Å². The minimum absolute atomic E-state index is 0.613. The summed E-state index contributed by atoms with van der Waals surface area (Å²) < 4.78 is 12.2. The zero-order valence-electron chi connectivity index (χ0n) is 15.7. The van der Waals surface area contributed by atoms with Crippen molar-refractivity contribution in [2.45, 2.75) is 6.92 Å². The molecule has 0 saturated carbocycles. The fourth-order valence-electron chi connectivity index (χ4n) is 3.86. The third kappa shape index (κ3) is 2.46. The molecule has 0 spiro atoms. The maximum absolute atomic E-state index is 6.14. The van der Waals surface area contributed by atoms with Crippen LogP contribution in [0.4, 0.5) is 0 Å². The van der Waals surface area contributed by atoms with Gasteiger partial charge >= 0.3 is 0 Å². The Morgan fingerprint density at radius 1 is 0.586 bits per heavy atom. The Hall–Kier alpha value is -3.92. The maximum Gasteiger partial charge on any atom is 0.227 e. The fraction of sp³-hybridized carbons (Fsp3) is 0.0400. The number of oxazole rings is 2. The molecule has 4 aromatic carbocycles. The lowest BCUT2D eigenvalue weighted by atomic mass is 9.99. The van der Waals surface area contributed by atoms with Crippen LogP contribution in [0.3, 0.4) is 0 Å². The topological polar surface area (TPSA) is 52.1 Å². The lowest BCUT2D eigenvalue weighted by Gasteiger charge is -2.07. The van der Waals surface area contributed by atoms with Crippen molar-refractivity contribution in [1.82, 2.24) is 9.97 Å². The molecule has 2 heterocycles. The second-order valence-corrected chi connectivity index (χ2v) is 7.14. The number of aryl methyl sites for hydroxylation is 1. The van der Waals surface area contributed by atoms with Crippen molar-refractivity contribution in [3.05, 3.63) is 84.4 Å². The number of rotatable bonds is 2. The Morgan fingerprint density at radius 2 is 1.21 bits per heavy atom. The molecular formula is C25H16N2O2. The van der Waals surface area contributed by atoms with Gasteiger partial charge in [-0.1, -0.05) is 48.5 Å². The quantitative estimate of drug-likeness (QED) is 0.335. The first-order valence-electron chi connectivity index (χ1n) is 9.52. The SMILES string of the molecule is Cc1cccc2nc(-c3ccc(-c4nc5ccccc5o4)c4ccccc34)oc12. The van der Waals surface area contributed by atoms with Gasteiger partial charge in [-0.05, 0) is 53.6 Å². The van der Waals surface area contributed by atoms with Crippen molar-refractivity contribution in [2.75, 3.05) is 0 Å². The molecule has 0 saturated heterocycles. The highest BCUT2D eigenvalue weighted by atomic mass is 16.4. The van der Waals surface area contributed by atoms with Crippen LogP contribution in [0.5, 0.6) is 0 Å². The van der Waals surface area contributed by atoms with Crippen LogP contribution in [-0.4, -0.2) is 9.97 Å². The van der Waals surface area contributed by atoms with E-state index < -0.39 is 0 Å². The second-order valence-electron chi connectivity index (χ2n) is 7.14. The largest absolute Gasteiger partial charge is 0.436 e. The predicted molar refractivity (Wildman–Crippen MR) is 115 cm³/mol. The van der Waals surface area contributed by atoms with Gasteiger partial charge in [0, 0.05) is 11.1 Å². The molecule has 0 aliphatic heterocycles. The van der Waals surface area contributed by atoms with Gasteiger partial charge < -0.3 is 8.83 Å². The molecular weight excluding hydrogens is 360 g/mol. The number of benzene rings is 4. The summed E-state index contributed by atoms with van der Waals surface area (Å²) in [6, 6.07) is 26.1. The molecule has 4 nitrogen and oxygen atoms in total. The van der Waals surface area contributed by atoms with Crippen LogP contribution < -0.4 is 0 Å². The molecule has 0 aliphatic rings. The minimum atomic E-state index is 0.613. The first-order valence-corrected chi connectivity index (χ1v) is 9.52. The van der Waals surface area contributed by atoms with E-state index in [1.165, 1.54) is 0 Å². The number of aromatic nitrogens is 2. The molecule has 0 amide bonds. The molecule has 0 bridgehead atoms. The van der Waals surface area contributed by atoms with Crippen molar-refractivity contribution in [1.29, 1.82) is 0 Å². The van der Waals surface area contributed by atoms with Gasteiger partial charge in [-0.3, -0.25) is 0 Å². The van der Waals surface area contributed by atoms with Gasteiger partial charge in [-0.15, -0.1) is 0 Å². The third-order valence-corrected chi connectivity index (χ3v) is 5.29. The van der Waals surface area contributed by atoms with Gasteiger partial charge in [-0.25, -0.2) is 9.97 Å². The summed E-state index contributed by atoms with van der Waals surface area (Å²) in [6.45, 7) is 2.03. The van der Waals surface area contributed by atoms with E-state index in [4.69, 9.17) is 13.8 Å². The summed E-state index contributed by atoms with van der Waals surface area (Å²) in [5.41, 5.74) is 6.31. The van der Waals surface area contributed by atoms with E-state index in [0.29, 0.717) is 11.8 Å². The zero-order valence-corrected chi connectivity index (χ0v) is 15.7. The van der Waals surface area contributed by atoms with Crippen LogP contribution >= 0.6 is 0 Å². The van der Waals surface area contributed by atoms with Crippen molar-refractivity contribution in [3.63, 3.8) is 0 Å². The van der Waals surface area contributed by atoms with Gasteiger partial charge in [-0.2, -0.15) is 0 Å². The standard InChI is InChI=1S/C25H16N2O2/c1-15-7-6-11-21-23(15)29-25(27-21)19-14-13-18(16-8-2-3-9-17(16)19)24-26-20-10-4-5-12-22(20)28-24/h2-14H,1H3. The highest BCUT2D eigenvalue weighted by Crippen LogP contribution is 2.37. The summed E-state index contributed by atoms with van der Waals surface area (Å²) >= 11 is 0. The van der Waals surface area contributed by atoms with Gasteiger partial charge in [0.15, 0.2) is 11.2 Å². The number of nitrogens with zero attached hydrogens (tertiary/aromatic N) is 2. The molecule has 4 heteroatoms. The Bertz CT molecular complexity index is 1490. The van der Waals surface area contributed by atoms with Crippen molar-refractivity contribution >= 4 is 33.0 Å². The van der Waals surface area contributed by atoms with E-state index in [2.05, 4.69) is 17.1 Å². The predicted octanol–water partition coefficient (Wildman–Crippen LogP) is 6.76. The van der Waals surface area contributed by atoms with Crippen molar-refractivity contribution < 1.29 is 8.83 Å². The number of fused-ring (bicyclic) bond motifs is 3. The molecule has 0 N–H and O–H groups in total. The first-order chi connectivity index (χ1) is 14.3. The molecule has 0 atom stereocenters. The van der Waals surface area contributed by atoms with Gasteiger partial charge in [0.05, 0.1) is 0 Å². The van der Waals surface area contributed by atoms with Crippen LogP contribution in [-0.2, 0) is 0 Å². The van der Waals surface area contributed by atoms with Gasteiger partial charge in [0.2, 0.25) is 11.8 Å². The molecule has 138 valence electrons. The summed E-state index contributed by atoms with van der Waals surface area (Å²) in [5.74, 6) is 1.23. The molecule has 0 radical (unpaired) electrons.